The monoisotopic (exact) mass is 326 g/mol. The van der Waals surface area contributed by atoms with Crippen molar-refractivity contribution in [1.29, 1.82) is 0 Å². The van der Waals surface area contributed by atoms with Crippen LogP contribution in [0, 0.1) is 0 Å². The first-order valence-electron chi connectivity index (χ1n) is 5.48. The number of aliphatic hydroxyl groups excluding tert-OH is 1. The molecule has 0 aliphatic heterocycles. The average molecular weight is 328 g/mol. The summed E-state index contributed by atoms with van der Waals surface area (Å²) in [5.74, 6) is 1.26. The van der Waals surface area contributed by atoms with Crippen LogP contribution in [0.4, 0.5) is 0 Å². The summed E-state index contributed by atoms with van der Waals surface area (Å²) in [4.78, 5) is 0. The van der Waals surface area contributed by atoms with E-state index in [0.29, 0.717) is 16.5 Å². The van der Waals surface area contributed by atoms with Gasteiger partial charge in [0.05, 0.1) is 15.6 Å². The molecule has 0 heterocycles. The second kappa shape index (κ2) is 5.74. The highest BCUT2D eigenvalue weighted by Gasteiger charge is 2.08. The molecule has 0 bridgehead atoms. The first kappa shape index (κ1) is 13.4. The molecule has 0 aromatic heterocycles. The van der Waals surface area contributed by atoms with Gasteiger partial charge in [0.1, 0.15) is 11.5 Å². The molecule has 1 N–H and O–H groups in total. The third-order valence-electron chi connectivity index (χ3n) is 2.49. The molecule has 0 aliphatic rings. The zero-order valence-corrected chi connectivity index (χ0v) is 12.1. The molecule has 0 amide bonds. The number of halogens is 2. The van der Waals surface area contributed by atoms with Crippen LogP contribution in [0.15, 0.2) is 46.9 Å². The topological polar surface area (TPSA) is 29.5 Å². The molecular formula is C14H12BrClO2. The summed E-state index contributed by atoms with van der Waals surface area (Å²) in [6, 6.07) is 12.7. The summed E-state index contributed by atoms with van der Waals surface area (Å²) in [5, 5.41) is 10.0. The van der Waals surface area contributed by atoms with Crippen molar-refractivity contribution >= 4 is 27.5 Å². The van der Waals surface area contributed by atoms with Gasteiger partial charge in [-0.2, -0.15) is 0 Å². The third kappa shape index (κ3) is 3.05. The Bertz CT molecular complexity index is 555. The summed E-state index contributed by atoms with van der Waals surface area (Å²) < 4.78 is 6.49. The van der Waals surface area contributed by atoms with Gasteiger partial charge in [-0.25, -0.2) is 0 Å². The lowest BCUT2D eigenvalue weighted by atomic mass is 10.1. The summed E-state index contributed by atoms with van der Waals surface area (Å²) in [6.07, 6.45) is -0.504. The van der Waals surface area contributed by atoms with Crippen LogP contribution in [0.1, 0.15) is 18.6 Å². The average Bonchev–Trinajstić information content (AvgIpc) is 2.34. The van der Waals surface area contributed by atoms with E-state index in [1.807, 2.05) is 24.3 Å². The van der Waals surface area contributed by atoms with E-state index in [1.54, 1.807) is 25.1 Å². The normalized spacial score (nSPS) is 12.2. The fourth-order valence-electron chi connectivity index (χ4n) is 1.51. The maximum atomic E-state index is 9.49. The van der Waals surface area contributed by atoms with Gasteiger partial charge in [0.15, 0.2) is 0 Å². The van der Waals surface area contributed by atoms with E-state index in [1.165, 1.54) is 0 Å². The van der Waals surface area contributed by atoms with Crippen LogP contribution in [-0.2, 0) is 0 Å². The SMILES string of the molecule is C[C@@H](O)c1ccc(Oc2ccccc2Cl)c(Br)c1. The quantitative estimate of drug-likeness (QED) is 0.864. The molecule has 2 aromatic carbocycles. The van der Waals surface area contributed by atoms with E-state index in [2.05, 4.69) is 15.9 Å². The zero-order chi connectivity index (χ0) is 13.1. The van der Waals surface area contributed by atoms with Crippen LogP contribution in [-0.4, -0.2) is 5.11 Å². The fourth-order valence-corrected chi connectivity index (χ4v) is 2.16. The Morgan fingerprint density at radius 3 is 2.50 bits per heavy atom. The van der Waals surface area contributed by atoms with Crippen LogP contribution in [0.2, 0.25) is 5.02 Å². The Hall–Kier alpha value is -1.03. The van der Waals surface area contributed by atoms with Crippen molar-refractivity contribution in [3.63, 3.8) is 0 Å². The maximum absolute atomic E-state index is 9.49. The third-order valence-corrected chi connectivity index (χ3v) is 3.43. The van der Waals surface area contributed by atoms with Gasteiger partial charge in [-0.3, -0.25) is 0 Å². The van der Waals surface area contributed by atoms with E-state index < -0.39 is 6.10 Å². The molecule has 2 aromatic rings. The highest BCUT2D eigenvalue weighted by Crippen LogP contribution is 2.34. The standard InChI is InChI=1S/C14H12BrClO2/c1-9(17)10-6-7-13(11(15)8-10)18-14-5-3-2-4-12(14)16/h2-9,17H,1H3/t9-/m1/s1. The first-order chi connectivity index (χ1) is 8.58. The molecule has 0 saturated carbocycles. The van der Waals surface area contributed by atoms with Crippen molar-refractivity contribution in [3.05, 3.63) is 57.5 Å². The Morgan fingerprint density at radius 1 is 1.17 bits per heavy atom. The lowest BCUT2D eigenvalue weighted by molar-refractivity contribution is 0.199. The number of benzene rings is 2. The van der Waals surface area contributed by atoms with Crippen LogP contribution in [0.3, 0.4) is 0 Å². The summed E-state index contributed by atoms with van der Waals surface area (Å²) in [7, 11) is 0. The van der Waals surface area contributed by atoms with Crippen molar-refractivity contribution in [2.24, 2.45) is 0 Å². The van der Waals surface area contributed by atoms with Gasteiger partial charge in [0.2, 0.25) is 0 Å². The van der Waals surface area contributed by atoms with Gasteiger partial charge in [0, 0.05) is 0 Å². The Labute approximate surface area is 119 Å². The van der Waals surface area contributed by atoms with Gasteiger partial charge < -0.3 is 9.84 Å². The molecule has 0 fully saturated rings. The minimum absolute atomic E-state index is 0.504. The molecule has 18 heavy (non-hydrogen) atoms. The molecule has 0 spiro atoms. The number of hydrogen-bond donors (Lipinski definition) is 1. The second-order valence-electron chi connectivity index (χ2n) is 3.90. The predicted octanol–water partition coefficient (Wildman–Crippen LogP) is 4.95. The molecule has 0 aliphatic carbocycles. The largest absolute Gasteiger partial charge is 0.455 e. The van der Waals surface area contributed by atoms with Gasteiger partial charge in [-0.1, -0.05) is 29.8 Å². The molecule has 0 unspecified atom stereocenters. The Balaban J connectivity index is 2.28. The van der Waals surface area contributed by atoms with Crippen LogP contribution in [0.5, 0.6) is 11.5 Å². The number of para-hydroxylation sites is 1. The highest BCUT2D eigenvalue weighted by molar-refractivity contribution is 9.10. The number of hydrogen-bond acceptors (Lipinski definition) is 2. The van der Waals surface area contributed by atoms with Crippen molar-refractivity contribution in [2.75, 3.05) is 0 Å². The Morgan fingerprint density at radius 2 is 1.89 bits per heavy atom. The molecule has 0 radical (unpaired) electrons. The molecule has 2 nitrogen and oxygen atoms in total. The van der Waals surface area contributed by atoms with E-state index in [-0.39, 0.29) is 0 Å². The second-order valence-corrected chi connectivity index (χ2v) is 5.16. The first-order valence-corrected chi connectivity index (χ1v) is 6.65. The predicted molar refractivity (Wildman–Crippen MR) is 76.3 cm³/mol. The van der Waals surface area contributed by atoms with Crippen molar-refractivity contribution in [3.8, 4) is 11.5 Å². The van der Waals surface area contributed by atoms with E-state index in [4.69, 9.17) is 16.3 Å². The molecule has 2 rings (SSSR count). The highest BCUT2D eigenvalue weighted by atomic mass is 79.9. The van der Waals surface area contributed by atoms with Gasteiger partial charge >= 0.3 is 0 Å². The minimum atomic E-state index is -0.504. The summed E-state index contributed by atoms with van der Waals surface area (Å²) >= 11 is 9.45. The summed E-state index contributed by atoms with van der Waals surface area (Å²) in [5.41, 5.74) is 0.827. The van der Waals surface area contributed by atoms with Crippen molar-refractivity contribution in [1.82, 2.24) is 0 Å². The number of rotatable bonds is 3. The maximum Gasteiger partial charge on any atom is 0.146 e. The van der Waals surface area contributed by atoms with Crippen LogP contribution >= 0.6 is 27.5 Å². The number of aliphatic hydroxyl groups is 1. The number of ether oxygens (including phenoxy) is 1. The van der Waals surface area contributed by atoms with Crippen LogP contribution in [0.25, 0.3) is 0 Å². The molecule has 0 saturated heterocycles. The van der Waals surface area contributed by atoms with Crippen molar-refractivity contribution in [2.45, 2.75) is 13.0 Å². The lowest BCUT2D eigenvalue weighted by Gasteiger charge is -2.11. The van der Waals surface area contributed by atoms with Gasteiger partial charge in [0.25, 0.3) is 0 Å². The van der Waals surface area contributed by atoms with E-state index in [0.717, 1.165) is 10.0 Å². The molecule has 1 atom stereocenters. The van der Waals surface area contributed by atoms with Crippen LogP contribution < -0.4 is 4.74 Å². The Kier molecular flexibility index (Phi) is 4.27. The molecular weight excluding hydrogens is 316 g/mol. The minimum Gasteiger partial charge on any atom is -0.455 e. The zero-order valence-electron chi connectivity index (χ0n) is 9.73. The molecule has 94 valence electrons. The van der Waals surface area contributed by atoms with Gasteiger partial charge in [-0.15, -0.1) is 0 Å². The summed E-state index contributed by atoms with van der Waals surface area (Å²) in [6.45, 7) is 1.72. The molecule has 4 heteroatoms. The van der Waals surface area contributed by atoms with Gasteiger partial charge in [-0.05, 0) is 52.7 Å². The van der Waals surface area contributed by atoms with E-state index in [9.17, 15) is 5.11 Å². The van der Waals surface area contributed by atoms with E-state index >= 15 is 0 Å². The smallest absolute Gasteiger partial charge is 0.146 e. The lowest BCUT2D eigenvalue weighted by Crippen LogP contribution is -1.92. The fraction of sp³-hybridized carbons (Fsp3) is 0.143. The van der Waals surface area contributed by atoms with Crippen molar-refractivity contribution < 1.29 is 9.84 Å².